The van der Waals surface area contributed by atoms with Crippen molar-refractivity contribution in [2.24, 2.45) is 0 Å². The van der Waals surface area contributed by atoms with Crippen molar-refractivity contribution in [2.75, 3.05) is 11.4 Å². The van der Waals surface area contributed by atoms with Gasteiger partial charge in [-0.1, -0.05) is 24.6 Å². The number of carbonyl (C=O) groups excluding carboxylic acids is 1. The number of benzene rings is 2. The third kappa shape index (κ3) is 3.71. The van der Waals surface area contributed by atoms with Gasteiger partial charge in [-0.2, -0.15) is 4.31 Å². The van der Waals surface area contributed by atoms with Crippen LogP contribution in [0.4, 0.5) is 5.69 Å². The molecule has 2 aliphatic rings. The number of amides is 1. The Bertz CT molecular complexity index is 1000. The molecule has 1 fully saturated rings. The van der Waals surface area contributed by atoms with Crippen molar-refractivity contribution < 1.29 is 13.2 Å². The first-order valence-corrected chi connectivity index (χ1v) is 11.9. The van der Waals surface area contributed by atoms with E-state index in [0.717, 1.165) is 37.8 Å². The lowest BCUT2D eigenvalue weighted by Crippen LogP contribution is -2.42. The molecule has 1 saturated heterocycles. The van der Waals surface area contributed by atoms with Crippen molar-refractivity contribution in [1.29, 1.82) is 0 Å². The molecule has 2 heterocycles. The van der Waals surface area contributed by atoms with E-state index >= 15 is 0 Å². The second kappa shape index (κ2) is 7.92. The lowest BCUT2D eigenvalue weighted by atomic mass is 9.96. The molecular formula is C23H28N2O3S. The van der Waals surface area contributed by atoms with Gasteiger partial charge < -0.3 is 4.90 Å². The molecule has 2 unspecified atom stereocenters. The Morgan fingerprint density at radius 2 is 1.66 bits per heavy atom. The molecule has 4 rings (SSSR count). The summed E-state index contributed by atoms with van der Waals surface area (Å²) in [6.45, 7) is 4.58. The SMILES string of the molecule is CC1CCc2ccccc2N1C(=O)c1ccc(S(=O)(=O)N2CCCCC2C)cc1. The number of aryl methyl sites for hydroxylation is 1. The van der Waals surface area contributed by atoms with E-state index in [0.29, 0.717) is 12.1 Å². The minimum atomic E-state index is -3.53. The van der Waals surface area contributed by atoms with Gasteiger partial charge in [0.25, 0.3) is 5.91 Å². The molecule has 0 radical (unpaired) electrons. The van der Waals surface area contributed by atoms with Crippen molar-refractivity contribution >= 4 is 21.6 Å². The molecule has 0 saturated carbocycles. The summed E-state index contributed by atoms with van der Waals surface area (Å²) in [6, 6.07) is 14.6. The summed E-state index contributed by atoms with van der Waals surface area (Å²) in [4.78, 5) is 15.4. The second-order valence-corrected chi connectivity index (χ2v) is 10.1. The van der Waals surface area contributed by atoms with E-state index in [1.165, 1.54) is 5.56 Å². The number of nitrogens with zero attached hydrogens (tertiary/aromatic N) is 2. The van der Waals surface area contributed by atoms with Crippen molar-refractivity contribution in [3.8, 4) is 0 Å². The van der Waals surface area contributed by atoms with Gasteiger partial charge in [-0.3, -0.25) is 4.79 Å². The minimum Gasteiger partial charge on any atom is -0.305 e. The normalized spacial score (nSPS) is 22.9. The van der Waals surface area contributed by atoms with Crippen LogP contribution in [-0.2, 0) is 16.4 Å². The standard InChI is InChI=1S/C23H28N2O3S/c1-17-7-5-6-16-24(17)29(27,28)21-14-12-20(13-15-21)23(26)25-18(2)10-11-19-8-3-4-9-22(19)25/h3-4,8-9,12-15,17-18H,5-7,10-11,16H2,1-2H3. The van der Waals surface area contributed by atoms with Crippen molar-refractivity contribution in [3.05, 3.63) is 59.7 Å². The van der Waals surface area contributed by atoms with Crippen LogP contribution in [0.5, 0.6) is 0 Å². The summed E-state index contributed by atoms with van der Waals surface area (Å²) < 4.78 is 27.6. The maximum atomic E-state index is 13.3. The average molecular weight is 413 g/mol. The fourth-order valence-electron chi connectivity index (χ4n) is 4.47. The van der Waals surface area contributed by atoms with Gasteiger partial charge in [-0.05, 0) is 75.4 Å². The average Bonchev–Trinajstić information content (AvgIpc) is 2.73. The summed E-state index contributed by atoms with van der Waals surface area (Å²) in [6.07, 6.45) is 4.74. The molecule has 0 aliphatic carbocycles. The highest BCUT2D eigenvalue weighted by Gasteiger charge is 2.32. The van der Waals surface area contributed by atoms with E-state index in [1.807, 2.05) is 30.0 Å². The number of carbonyl (C=O) groups is 1. The zero-order valence-corrected chi connectivity index (χ0v) is 17.9. The van der Waals surface area contributed by atoms with Crippen LogP contribution >= 0.6 is 0 Å². The number of rotatable bonds is 3. The van der Waals surface area contributed by atoms with Gasteiger partial charge in [0.2, 0.25) is 10.0 Å². The van der Waals surface area contributed by atoms with Crippen LogP contribution in [0.1, 0.15) is 55.5 Å². The van der Waals surface area contributed by atoms with Crippen LogP contribution in [-0.4, -0.2) is 37.3 Å². The molecule has 2 atom stereocenters. The second-order valence-electron chi connectivity index (χ2n) is 8.18. The zero-order valence-electron chi connectivity index (χ0n) is 17.0. The Hall–Kier alpha value is -2.18. The first kappa shape index (κ1) is 20.1. The Morgan fingerprint density at radius 1 is 0.931 bits per heavy atom. The third-order valence-corrected chi connectivity index (χ3v) is 8.22. The summed E-state index contributed by atoms with van der Waals surface area (Å²) in [5, 5.41) is 0. The topological polar surface area (TPSA) is 57.7 Å². The molecular weight excluding hydrogens is 384 g/mol. The number of hydrogen-bond donors (Lipinski definition) is 0. The third-order valence-electron chi connectivity index (χ3n) is 6.19. The Balaban J connectivity index is 1.61. The fraction of sp³-hybridized carbons (Fsp3) is 0.435. The first-order valence-electron chi connectivity index (χ1n) is 10.4. The van der Waals surface area contributed by atoms with Crippen LogP contribution in [0.2, 0.25) is 0 Å². The monoisotopic (exact) mass is 412 g/mol. The van der Waals surface area contributed by atoms with Crippen LogP contribution in [0.3, 0.4) is 0 Å². The Labute approximate surface area is 173 Å². The molecule has 5 nitrogen and oxygen atoms in total. The van der Waals surface area contributed by atoms with Gasteiger partial charge in [0, 0.05) is 29.9 Å². The van der Waals surface area contributed by atoms with Gasteiger partial charge in [0.05, 0.1) is 4.90 Å². The van der Waals surface area contributed by atoms with Gasteiger partial charge >= 0.3 is 0 Å². The molecule has 0 bridgehead atoms. The smallest absolute Gasteiger partial charge is 0.258 e. The van der Waals surface area contributed by atoms with Crippen molar-refractivity contribution in [3.63, 3.8) is 0 Å². The number of sulfonamides is 1. The molecule has 1 amide bonds. The summed E-state index contributed by atoms with van der Waals surface area (Å²) in [5.41, 5.74) is 2.64. The molecule has 2 aliphatic heterocycles. The van der Waals surface area contributed by atoms with Crippen LogP contribution < -0.4 is 4.90 Å². The number of para-hydroxylation sites is 1. The van der Waals surface area contributed by atoms with E-state index < -0.39 is 10.0 Å². The predicted octanol–water partition coefficient (Wildman–Crippen LogP) is 4.23. The zero-order chi connectivity index (χ0) is 20.6. The molecule has 6 heteroatoms. The highest BCUT2D eigenvalue weighted by atomic mass is 32.2. The highest BCUT2D eigenvalue weighted by Crippen LogP contribution is 2.32. The highest BCUT2D eigenvalue weighted by molar-refractivity contribution is 7.89. The van der Waals surface area contributed by atoms with Crippen LogP contribution in [0, 0.1) is 0 Å². The van der Waals surface area contributed by atoms with Crippen molar-refractivity contribution in [1.82, 2.24) is 4.31 Å². The predicted molar refractivity (Wildman–Crippen MR) is 115 cm³/mol. The minimum absolute atomic E-state index is 0.0146. The summed E-state index contributed by atoms with van der Waals surface area (Å²) >= 11 is 0. The Morgan fingerprint density at radius 3 is 2.38 bits per heavy atom. The van der Waals surface area contributed by atoms with E-state index in [-0.39, 0.29) is 22.9 Å². The van der Waals surface area contributed by atoms with Crippen LogP contribution in [0.25, 0.3) is 0 Å². The maximum absolute atomic E-state index is 13.3. The molecule has 2 aromatic carbocycles. The summed E-state index contributed by atoms with van der Waals surface area (Å²) in [7, 11) is -3.53. The number of anilines is 1. The molecule has 0 spiro atoms. The van der Waals surface area contributed by atoms with Crippen molar-refractivity contribution in [2.45, 2.75) is 62.9 Å². The number of piperidine rings is 1. The lowest BCUT2D eigenvalue weighted by Gasteiger charge is -2.35. The van der Waals surface area contributed by atoms with Crippen LogP contribution in [0.15, 0.2) is 53.4 Å². The van der Waals surface area contributed by atoms with Gasteiger partial charge in [-0.25, -0.2) is 8.42 Å². The maximum Gasteiger partial charge on any atom is 0.258 e. The Kier molecular flexibility index (Phi) is 5.49. The van der Waals surface area contributed by atoms with Gasteiger partial charge in [-0.15, -0.1) is 0 Å². The quantitative estimate of drug-likeness (QED) is 0.758. The fourth-order valence-corrected chi connectivity index (χ4v) is 6.17. The number of fused-ring (bicyclic) bond motifs is 1. The van der Waals surface area contributed by atoms with Gasteiger partial charge in [0.15, 0.2) is 0 Å². The van der Waals surface area contributed by atoms with Gasteiger partial charge in [0.1, 0.15) is 0 Å². The molecule has 29 heavy (non-hydrogen) atoms. The van der Waals surface area contributed by atoms with E-state index in [4.69, 9.17) is 0 Å². The number of hydrogen-bond acceptors (Lipinski definition) is 3. The van der Waals surface area contributed by atoms with E-state index in [2.05, 4.69) is 13.0 Å². The largest absolute Gasteiger partial charge is 0.305 e. The molecule has 0 aromatic heterocycles. The van der Waals surface area contributed by atoms with E-state index in [1.54, 1.807) is 28.6 Å². The first-order chi connectivity index (χ1) is 13.9. The summed E-state index contributed by atoms with van der Waals surface area (Å²) in [5.74, 6) is -0.0834. The lowest BCUT2D eigenvalue weighted by molar-refractivity contribution is 0.0975. The van der Waals surface area contributed by atoms with E-state index in [9.17, 15) is 13.2 Å². The molecule has 154 valence electrons. The molecule has 0 N–H and O–H groups in total. The molecule has 2 aromatic rings.